The first-order chi connectivity index (χ1) is 10.9. The summed E-state index contributed by atoms with van der Waals surface area (Å²) in [7, 11) is 0. The van der Waals surface area contributed by atoms with Gasteiger partial charge < -0.3 is 5.32 Å². The van der Waals surface area contributed by atoms with Crippen LogP contribution in [0.2, 0.25) is 5.02 Å². The maximum Gasteiger partial charge on any atom is 0.267 e. The number of fused-ring (bicyclic) bond motifs is 1. The van der Waals surface area contributed by atoms with E-state index in [4.69, 9.17) is 31.2 Å². The summed E-state index contributed by atoms with van der Waals surface area (Å²) < 4.78 is 0. The minimum atomic E-state index is -1.50. The molecule has 1 aliphatic rings. The van der Waals surface area contributed by atoms with Gasteiger partial charge >= 0.3 is 0 Å². The Labute approximate surface area is 147 Å². The number of amides is 1. The van der Waals surface area contributed by atoms with Crippen molar-refractivity contribution in [2.75, 3.05) is 11.9 Å². The summed E-state index contributed by atoms with van der Waals surface area (Å²) in [4.78, 5) is 34.3. The molecular weight excluding hydrogens is 334 g/mol. The molecular formula is C17H24ClNO5. The van der Waals surface area contributed by atoms with E-state index >= 15 is 0 Å². The Morgan fingerprint density at radius 3 is 2.29 bits per heavy atom. The van der Waals surface area contributed by atoms with E-state index in [1.54, 1.807) is 18.2 Å². The lowest BCUT2D eigenvalue weighted by Gasteiger charge is -2.30. The Bertz CT molecular complexity index is 620. The molecule has 1 amide bonds. The summed E-state index contributed by atoms with van der Waals surface area (Å²) in [5, 5.41) is 3.14. The average Bonchev–Trinajstić information content (AvgIpc) is 2.70. The van der Waals surface area contributed by atoms with E-state index in [2.05, 4.69) is 5.32 Å². The molecule has 1 N–H and O–H groups in total. The molecule has 2 rings (SSSR count). The first kappa shape index (κ1) is 19.1. The number of hydrogen-bond donors (Lipinski definition) is 1. The lowest BCUT2D eigenvalue weighted by Crippen LogP contribution is -2.44. The highest BCUT2D eigenvalue weighted by Gasteiger charge is 2.52. The van der Waals surface area contributed by atoms with Crippen LogP contribution in [0.4, 0.5) is 5.69 Å². The average molecular weight is 358 g/mol. The fourth-order valence-corrected chi connectivity index (χ4v) is 2.28. The SMILES string of the molecule is CC(C)(C)OOCC1(OOC(C)(C)C)C(=O)Nc2c(Cl)cccc21. The maximum absolute atomic E-state index is 12.7. The highest BCUT2D eigenvalue weighted by molar-refractivity contribution is 6.34. The molecule has 0 fully saturated rings. The van der Waals surface area contributed by atoms with Gasteiger partial charge in [-0.1, -0.05) is 23.7 Å². The molecule has 134 valence electrons. The molecule has 0 spiro atoms. The standard InChI is InChI=1S/C17H24ClNO5/c1-15(2,3)22-21-10-17(24-23-16(4,5)6)11-8-7-9-12(18)13(11)19-14(17)20/h7-9H,10H2,1-6H3,(H,19,20). The highest BCUT2D eigenvalue weighted by atomic mass is 35.5. The lowest BCUT2D eigenvalue weighted by atomic mass is 9.96. The van der Waals surface area contributed by atoms with Crippen LogP contribution < -0.4 is 5.32 Å². The quantitative estimate of drug-likeness (QED) is 0.637. The van der Waals surface area contributed by atoms with Gasteiger partial charge in [-0.25, -0.2) is 19.6 Å². The number of rotatable bonds is 5. The Morgan fingerprint density at radius 1 is 1.08 bits per heavy atom. The number of para-hydroxylation sites is 1. The van der Waals surface area contributed by atoms with Crippen molar-refractivity contribution in [3.63, 3.8) is 0 Å². The summed E-state index contributed by atoms with van der Waals surface area (Å²) in [6, 6.07) is 5.17. The van der Waals surface area contributed by atoms with E-state index in [-0.39, 0.29) is 6.61 Å². The Balaban J connectivity index is 2.33. The number of hydrogen-bond acceptors (Lipinski definition) is 5. The van der Waals surface area contributed by atoms with E-state index < -0.39 is 22.7 Å². The van der Waals surface area contributed by atoms with Gasteiger partial charge in [-0.2, -0.15) is 0 Å². The molecule has 0 bridgehead atoms. The van der Waals surface area contributed by atoms with Crippen molar-refractivity contribution < 1.29 is 24.3 Å². The van der Waals surface area contributed by atoms with Crippen LogP contribution in [0.1, 0.15) is 47.1 Å². The van der Waals surface area contributed by atoms with Gasteiger partial charge in [0, 0.05) is 5.56 Å². The van der Waals surface area contributed by atoms with Crippen LogP contribution in [0, 0.1) is 0 Å². The number of carbonyl (C=O) groups is 1. The van der Waals surface area contributed by atoms with Crippen LogP contribution in [-0.2, 0) is 29.9 Å². The van der Waals surface area contributed by atoms with Gasteiger partial charge in [0.15, 0.2) is 0 Å². The molecule has 0 radical (unpaired) electrons. The van der Waals surface area contributed by atoms with Gasteiger partial charge in [-0.3, -0.25) is 4.79 Å². The second-order valence-electron chi connectivity index (χ2n) is 7.68. The monoisotopic (exact) mass is 357 g/mol. The van der Waals surface area contributed by atoms with Crippen LogP contribution >= 0.6 is 11.6 Å². The molecule has 1 aromatic carbocycles. The Morgan fingerprint density at radius 2 is 1.71 bits per heavy atom. The minimum absolute atomic E-state index is 0.181. The van der Waals surface area contributed by atoms with Crippen molar-refractivity contribution in [2.45, 2.75) is 58.3 Å². The van der Waals surface area contributed by atoms with Crippen LogP contribution in [0.25, 0.3) is 0 Å². The Kier molecular flexibility index (Phi) is 5.28. The number of benzene rings is 1. The second-order valence-corrected chi connectivity index (χ2v) is 8.09. The van der Waals surface area contributed by atoms with Crippen molar-refractivity contribution in [1.29, 1.82) is 0 Å². The van der Waals surface area contributed by atoms with Gasteiger partial charge in [-0.15, -0.1) is 0 Å². The maximum atomic E-state index is 12.7. The molecule has 0 saturated carbocycles. The van der Waals surface area contributed by atoms with E-state index in [9.17, 15) is 4.79 Å². The predicted octanol–water partition coefficient (Wildman–Crippen LogP) is 3.98. The first-order valence-corrected chi connectivity index (χ1v) is 8.10. The molecule has 1 aliphatic heterocycles. The highest BCUT2D eigenvalue weighted by Crippen LogP contribution is 2.43. The molecule has 1 atom stereocenters. The smallest absolute Gasteiger partial charge is 0.267 e. The molecule has 24 heavy (non-hydrogen) atoms. The summed E-state index contributed by atoms with van der Waals surface area (Å²) >= 11 is 6.18. The molecule has 0 aliphatic carbocycles. The molecule has 1 heterocycles. The fourth-order valence-electron chi connectivity index (χ4n) is 2.06. The van der Waals surface area contributed by atoms with Gasteiger partial charge in [-0.05, 0) is 47.6 Å². The second kappa shape index (κ2) is 6.61. The molecule has 1 unspecified atom stereocenters. The Hall–Kier alpha value is -1.18. The molecule has 0 aromatic heterocycles. The normalized spacial score (nSPS) is 20.9. The predicted molar refractivity (Wildman–Crippen MR) is 90.5 cm³/mol. The van der Waals surface area contributed by atoms with Crippen molar-refractivity contribution in [3.8, 4) is 0 Å². The van der Waals surface area contributed by atoms with Gasteiger partial charge in [0.25, 0.3) is 5.91 Å². The van der Waals surface area contributed by atoms with Crippen LogP contribution in [0.5, 0.6) is 0 Å². The zero-order valence-electron chi connectivity index (χ0n) is 14.9. The summed E-state index contributed by atoms with van der Waals surface area (Å²) in [5.74, 6) is -0.424. The fraction of sp³-hybridized carbons (Fsp3) is 0.588. The van der Waals surface area contributed by atoms with E-state index in [1.165, 1.54) is 0 Å². The molecule has 1 aromatic rings. The zero-order chi connectivity index (χ0) is 18.2. The third kappa shape index (κ3) is 4.26. The van der Waals surface area contributed by atoms with Gasteiger partial charge in [0.2, 0.25) is 5.60 Å². The number of anilines is 1. The molecule has 0 saturated heterocycles. The largest absolute Gasteiger partial charge is 0.321 e. The van der Waals surface area contributed by atoms with Crippen molar-refractivity contribution in [3.05, 3.63) is 28.8 Å². The van der Waals surface area contributed by atoms with Gasteiger partial charge in [0.1, 0.15) is 6.61 Å². The van der Waals surface area contributed by atoms with Crippen LogP contribution in [0.3, 0.4) is 0 Å². The zero-order valence-corrected chi connectivity index (χ0v) is 15.6. The number of nitrogens with one attached hydrogen (secondary N) is 1. The summed E-state index contributed by atoms with van der Waals surface area (Å²) in [5.41, 5.74) is -1.61. The molecule has 6 nitrogen and oxygen atoms in total. The van der Waals surface area contributed by atoms with Crippen molar-refractivity contribution >= 4 is 23.2 Å². The third-order valence-electron chi connectivity index (χ3n) is 3.06. The van der Waals surface area contributed by atoms with Crippen LogP contribution in [0.15, 0.2) is 18.2 Å². The summed E-state index contributed by atoms with van der Waals surface area (Å²) in [6.45, 7) is 10.8. The number of halogens is 1. The van der Waals surface area contributed by atoms with Crippen molar-refractivity contribution in [2.24, 2.45) is 0 Å². The van der Waals surface area contributed by atoms with E-state index in [0.29, 0.717) is 16.3 Å². The van der Waals surface area contributed by atoms with Gasteiger partial charge in [0.05, 0.1) is 21.9 Å². The first-order valence-electron chi connectivity index (χ1n) is 7.73. The lowest BCUT2D eigenvalue weighted by molar-refractivity contribution is -0.431. The van der Waals surface area contributed by atoms with E-state index in [1.807, 2.05) is 41.5 Å². The van der Waals surface area contributed by atoms with E-state index in [0.717, 1.165) is 0 Å². The topological polar surface area (TPSA) is 66.0 Å². The third-order valence-corrected chi connectivity index (χ3v) is 3.37. The summed E-state index contributed by atoms with van der Waals surface area (Å²) in [6.07, 6.45) is 0. The van der Waals surface area contributed by atoms with Crippen molar-refractivity contribution in [1.82, 2.24) is 0 Å². The number of carbonyl (C=O) groups excluding carboxylic acids is 1. The minimum Gasteiger partial charge on any atom is -0.321 e. The van der Waals surface area contributed by atoms with Crippen LogP contribution in [-0.4, -0.2) is 23.7 Å². The molecule has 7 heteroatoms.